The van der Waals surface area contributed by atoms with Gasteiger partial charge in [0.1, 0.15) is 6.04 Å². The lowest BCUT2D eigenvalue weighted by Gasteiger charge is -2.40. The molecule has 0 unspecified atom stereocenters. The van der Waals surface area contributed by atoms with E-state index in [0.717, 1.165) is 36.3 Å². The number of quaternary nitrogens is 1. The first kappa shape index (κ1) is 29.0. The molecular weight excluding hydrogens is 616 g/mol. The van der Waals surface area contributed by atoms with E-state index >= 15 is 0 Å². The summed E-state index contributed by atoms with van der Waals surface area (Å²) >= 11 is 3.41. The zero-order valence-electron chi connectivity index (χ0n) is 23.5. The van der Waals surface area contributed by atoms with Crippen molar-refractivity contribution in [3.63, 3.8) is 0 Å². The SMILES string of the molecule is C[NH+]1CCN(c2ccc(N3C(=O)[C@@H]4[C@@H](C=C[C@H]([C@H](O)c5ccc(Br)cc5)N4Nc4ccc([N+](=O)[O-])cc4)C3=O)cc2)CC1. The van der Waals surface area contributed by atoms with E-state index < -0.39 is 34.9 Å². The molecule has 0 bridgehead atoms. The first-order valence-corrected chi connectivity index (χ1v) is 15.0. The van der Waals surface area contributed by atoms with E-state index in [9.17, 15) is 24.8 Å². The number of anilines is 3. The monoisotopic (exact) mass is 647 g/mol. The minimum atomic E-state index is -1.04. The summed E-state index contributed by atoms with van der Waals surface area (Å²) in [5.41, 5.74) is 5.75. The fourth-order valence-electron chi connectivity index (χ4n) is 5.95. The second kappa shape index (κ2) is 11.9. The van der Waals surface area contributed by atoms with Gasteiger partial charge in [-0.3, -0.25) is 19.7 Å². The summed E-state index contributed by atoms with van der Waals surface area (Å²) in [6, 6.07) is 18.8. The molecule has 4 atom stereocenters. The van der Waals surface area contributed by atoms with E-state index in [0.29, 0.717) is 16.9 Å². The number of nitrogens with one attached hydrogen (secondary N) is 2. The highest BCUT2D eigenvalue weighted by atomic mass is 79.9. The summed E-state index contributed by atoms with van der Waals surface area (Å²) in [6.45, 7) is 3.97. The minimum absolute atomic E-state index is 0.0759. The number of nitro groups is 1. The molecule has 0 aliphatic carbocycles. The van der Waals surface area contributed by atoms with Crippen LogP contribution < -0.4 is 20.1 Å². The van der Waals surface area contributed by atoms with Gasteiger partial charge in [0.15, 0.2) is 0 Å². The molecule has 0 saturated carbocycles. The molecule has 11 nitrogen and oxygen atoms in total. The highest BCUT2D eigenvalue weighted by Gasteiger charge is 2.54. The van der Waals surface area contributed by atoms with Gasteiger partial charge in [0.2, 0.25) is 5.91 Å². The van der Waals surface area contributed by atoms with Crippen molar-refractivity contribution >= 4 is 50.5 Å². The number of nitrogens with zero attached hydrogens (tertiary/aromatic N) is 4. The standard InChI is InChI=1S/C31H31BrN6O5/c1-34-16-18-35(19-17-34)23-10-12-24(13-11-23)36-30(40)26-14-15-27(29(39)20-2-4-21(32)5-3-20)37(28(26)31(36)41)33-22-6-8-25(9-7-22)38(42)43/h2-15,26-29,33,39H,16-19H2,1H3/p+1/t26-,27-,28+,29-/m1/s1. The minimum Gasteiger partial charge on any atom is -0.386 e. The predicted octanol–water partition coefficient (Wildman–Crippen LogP) is 2.55. The maximum atomic E-state index is 14.1. The number of rotatable bonds is 7. The Hall–Kier alpha value is -4.10. The van der Waals surface area contributed by atoms with Crippen molar-refractivity contribution in [1.29, 1.82) is 0 Å². The van der Waals surface area contributed by atoms with Gasteiger partial charge in [0, 0.05) is 28.0 Å². The largest absolute Gasteiger partial charge is 0.386 e. The quantitative estimate of drug-likeness (QED) is 0.155. The van der Waals surface area contributed by atoms with Crippen molar-refractivity contribution in [3.05, 3.63) is 105 Å². The van der Waals surface area contributed by atoms with Crippen molar-refractivity contribution in [2.45, 2.75) is 18.2 Å². The smallest absolute Gasteiger partial charge is 0.269 e. The Morgan fingerprint density at radius 1 is 0.930 bits per heavy atom. The summed E-state index contributed by atoms with van der Waals surface area (Å²) < 4.78 is 0.857. The van der Waals surface area contributed by atoms with Gasteiger partial charge in [-0.2, -0.15) is 0 Å². The lowest BCUT2D eigenvalue weighted by Crippen LogP contribution is -3.12. The fraction of sp³-hybridized carbons (Fsp3) is 0.290. The van der Waals surface area contributed by atoms with Gasteiger partial charge in [0.25, 0.3) is 11.6 Å². The Morgan fingerprint density at radius 2 is 1.56 bits per heavy atom. The molecule has 3 aromatic carbocycles. The van der Waals surface area contributed by atoms with Crippen LogP contribution in [0.2, 0.25) is 0 Å². The number of fused-ring (bicyclic) bond motifs is 1. The van der Waals surface area contributed by atoms with Crippen LogP contribution in [0, 0.1) is 16.0 Å². The number of hydrogen-bond donors (Lipinski definition) is 3. The number of likely N-dealkylation sites (N-methyl/N-ethyl adjacent to an activating group) is 1. The third kappa shape index (κ3) is 5.66. The molecule has 2 fully saturated rings. The van der Waals surface area contributed by atoms with Gasteiger partial charge in [-0.25, -0.2) is 9.91 Å². The number of imide groups is 1. The van der Waals surface area contributed by atoms with Gasteiger partial charge >= 0.3 is 0 Å². The lowest BCUT2D eigenvalue weighted by molar-refractivity contribution is -0.880. The average molecular weight is 649 g/mol. The number of hydrogen-bond acceptors (Lipinski definition) is 8. The number of amides is 2. The van der Waals surface area contributed by atoms with Crippen LogP contribution >= 0.6 is 15.9 Å². The maximum Gasteiger partial charge on any atom is 0.269 e. The molecule has 12 heteroatoms. The maximum absolute atomic E-state index is 14.1. The summed E-state index contributed by atoms with van der Waals surface area (Å²) in [5, 5.41) is 24.3. The number of non-ortho nitro benzene ring substituents is 1. The predicted molar refractivity (Wildman–Crippen MR) is 166 cm³/mol. The number of halogens is 1. The van der Waals surface area contributed by atoms with Crippen molar-refractivity contribution < 1.29 is 24.5 Å². The van der Waals surface area contributed by atoms with Crippen molar-refractivity contribution in [2.75, 3.05) is 48.5 Å². The highest BCUT2D eigenvalue weighted by molar-refractivity contribution is 9.10. The van der Waals surface area contributed by atoms with E-state index in [2.05, 4.69) is 33.3 Å². The van der Waals surface area contributed by atoms with Gasteiger partial charge < -0.3 is 20.3 Å². The molecule has 6 rings (SSSR count). The molecule has 0 aromatic heterocycles. The number of nitro benzene ring substituents is 1. The molecule has 3 aliphatic heterocycles. The first-order chi connectivity index (χ1) is 20.7. The van der Waals surface area contributed by atoms with Crippen LogP contribution in [-0.2, 0) is 9.59 Å². The van der Waals surface area contributed by atoms with Crippen LogP contribution in [0.4, 0.5) is 22.7 Å². The zero-order valence-corrected chi connectivity index (χ0v) is 25.1. The van der Waals surface area contributed by atoms with Crippen molar-refractivity contribution in [3.8, 4) is 0 Å². The highest BCUT2D eigenvalue weighted by Crippen LogP contribution is 2.38. The molecule has 0 spiro atoms. The molecule has 3 heterocycles. The third-order valence-electron chi connectivity index (χ3n) is 8.42. The molecule has 2 saturated heterocycles. The molecule has 3 N–H and O–H groups in total. The van der Waals surface area contributed by atoms with Crippen LogP contribution in [0.25, 0.3) is 0 Å². The van der Waals surface area contributed by atoms with E-state index in [4.69, 9.17) is 0 Å². The number of carbonyl (C=O) groups excluding carboxylic acids is 2. The Morgan fingerprint density at radius 3 is 2.19 bits per heavy atom. The molecule has 2 amide bonds. The molecule has 3 aliphatic rings. The molecular formula is C31H32BrN6O5+. The molecule has 0 radical (unpaired) electrons. The van der Waals surface area contributed by atoms with Crippen LogP contribution in [0.1, 0.15) is 11.7 Å². The Labute approximate surface area is 257 Å². The van der Waals surface area contributed by atoms with Crippen LogP contribution in [0.15, 0.2) is 89.4 Å². The van der Waals surface area contributed by atoms with Gasteiger partial charge in [-0.15, -0.1) is 0 Å². The van der Waals surface area contributed by atoms with Crippen LogP contribution in [0.3, 0.4) is 0 Å². The molecule has 3 aromatic rings. The summed E-state index contributed by atoms with van der Waals surface area (Å²) in [4.78, 5) is 43.5. The van der Waals surface area contributed by atoms with Crippen molar-refractivity contribution in [1.82, 2.24) is 5.01 Å². The lowest BCUT2D eigenvalue weighted by atomic mass is 9.90. The summed E-state index contributed by atoms with van der Waals surface area (Å²) in [5.74, 6) is -1.56. The second-order valence-electron chi connectivity index (χ2n) is 11.1. The number of carbonyl (C=O) groups is 2. The average Bonchev–Trinajstić information content (AvgIpc) is 3.27. The van der Waals surface area contributed by atoms with Gasteiger partial charge in [-0.1, -0.05) is 40.2 Å². The Balaban J connectivity index is 1.30. The van der Waals surface area contributed by atoms with E-state index in [1.807, 2.05) is 24.3 Å². The number of hydrazine groups is 1. The summed E-state index contributed by atoms with van der Waals surface area (Å²) in [6.07, 6.45) is 2.39. The van der Waals surface area contributed by atoms with Crippen LogP contribution in [0.5, 0.6) is 0 Å². The number of benzene rings is 3. The van der Waals surface area contributed by atoms with Crippen molar-refractivity contribution in [2.24, 2.45) is 5.92 Å². The van der Waals surface area contributed by atoms with Crippen LogP contribution in [-0.4, -0.2) is 72.2 Å². The number of aliphatic hydroxyl groups excluding tert-OH is 1. The fourth-order valence-corrected chi connectivity index (χ4v) is 6.21. The second-order valence-corrected chi connectivity index (χ2v) is 12.1. The van der Waals surface area contributed by atoms with E-state index in [1.165, 1.54) is 34.1 Å². The topological polar surface area (TPSA) is 124 Å². The Bertz CT molecular complexity index is 1540. The zero-order chi connectivity index (χ0) is 30.2. The first-order valence-electron chi connectivity index (χ1n) is 14.2. The number of aliphatic hydroxyl groups is 1. The van der Waals surface area contributed by atoms with E-state index in [-0.39, 0.29) is 11.6 Å². The normalized spacial score (nSPS) is 23.4. The Kier molecular flexibility index (Phi) is 8.01. The van der Waals surface area contributed by atoms with Gasteiger partial charge in [-0.05, 0) is 54.1 Å². The summed E-state index contributed by atoms with van der Waals surface area (Å²) in [7, 11) is 2.18. The van der Waals surface area contributed by atoms with Gasteiger partial charge in [0.05, 0.1) is 61.9 Å². The number of piperazine rings is 1. The molecule has 222 valence electrons. The van der Waals surface area contributed by atoms with E-state index in [1.54, 1.807) is 41.4 Å². The molecule has 43 heavy (non-hydrogen) atoms. The third-order valence-corrected chi connectivity index (χ3v) is 8.95.